The minimum atomic E-state index is -3.78. The lowest BCUT2D eigenvalue weighted by atomic mass is 10.2. The first kappa shape index (κ1) is 18.5. The predicted octanol–water partition coefficient (Wildman–Crippen LogP) is -0.346. The van der Waals surface area contributed by atoms with Crippen LogP contribution in [0.15, 0.2) is 63.0 Å². The molecule has 0 radical (unpaired) electrons. The van der Waals surface area contributed by atoms with Crippen LogP contribution in [0, 0.1) is 0 Å². The van der Waals surface area contributed by atoms with Gasteiger partial charge < -0.3 is 5.32 Å². The number of benzene rings is 2. The monoisotopic (exact) mass is 388 g/mol. The summed E-state index contributed by atoms with van der Waals surface area (Å²) in [6.45, 7) is -0.232. The van der Waals surface area contributed by atoms with Crippen molar-refractivity contribution in [1.29, 1.82) is 0 Å². The summed E-state index contributed by atoms with van der Waals surface area (Å²) in [5.74, 6) is -0.487. The molecule has 1 heterocycles. The molecule has 0 aliphatic heterocycles. The third kappa shape index (κ3) is 4.13. The van der Waals surface area contributed by atoms with Crippen LogP contribution in [-0.4, -0.2) is 24.1 Å². The van der Waals surface area contributed by atoms with Gasteiger partial charge in [0, 0.05) is 6.54 Å². The minimum absolute atomic E-state index is 0.0298. The number of aromatic amines is 1. The summed E-state index contributed by atoms with van der Waals surface area (Å²) < 4.78 is 23.4. The number of hydrogen-bond donors (Lipinski definition) is 3. The Hall–Kier alpha value is -3.24. The number of nitrogens with two attached hydrogens (primary N) is 1. The Morgan fingerprint density at radius 3 is 2.30 bits per heavy atom. The molecule has 0 spiro atoms. The van der Waals surface area contributed by atoms with Crippen molar-refractivity contribution in [1.82, 2.24) is 15.1 Å². The SMILES string of the molecule is NS(=O)(=O)c1ccc(CNC(=O)Cn2[nH]c(=O)c3ccccc3c2=O)cc1. The third-order valence-electron chi connectivity index (χ3n) is 3.93. The van der Waals surface area contributed by atoms with Crippen LogP contribution in [0.5, 0.6) is 0 Å². The average molecular weight is 388 g/mol. The first-order valence-corrected chi connectivity index (χ1v) is 9.40. The maximum Gasteiger partial charge on any atom is 0.273 e. The maximum atomic E-state index is 12.4. The number of nitrogens with one attached hydrogen (secondary N) is 2. The van der Waals surface area contributed by atoms with Gasteiger partial charge in [-0.25, -0.2) is 18.2 Å². The van der Waals surface area contributed by atoms with Gasteiger partial charge in [0.15, 0.2) is 0 Å². The molecule has 4 N–H and O–H groups in total. The van der Waals surface area contributed by atoms with Crippen molar-refractivity contribution < 1.29 is 13.2 Å². The van der Waals surface area contributed by atoms with E-state index in [-0.39, 0.29) is 28.8 Å². The summed E-state index contributed by atoms with van der Waals surface area (Å²) in [6, 6.07) is 12.0. The van der Waals surface area contributed by atoms with E-state index in [1.165, 1.54) is 36.4 Å². The van der Waals surface area contributed by atoms with Crippen molar-refractivity contribution in [2.45, 2.75) is 18.0 Å². The van der Waals surface area contributed by atoms with Gasteiger partial charge in [-0.05, 0) is 29.8 Å². The number of sulfonamides is 1. The first-order chi connectivity index (χ1) is 12.8. The van der Waals surface area contributed by atoms with Gasteiger partial charge in [0.25, 0.3) is 11.1 Å². The van der Waals surface area contributed by atoms with E-state index in [2.05, 4.69) is 10.4 Å². The van der Waals surface area contributed by atoms with Crippen LogP contribution in [0.25, 0.3) is 10.8 Å². The number of carbonyl (C=O) groups is 1. The first-order valence-electron chi connectivity index (χ1n) is 7.86. The lowest BCUT2D eigenvalue weighted by molar-refractivity contribution is -0.122. The van der Waals surface area contributed by atoms with Gasteiger partial charge in [-0.1, -0.05) is 24.3 Å². The summed E-state index contributed by atoms with van der Waals surface area (Å²) in [5, 5.41) is 10.5. The second-order valence-electron chi connectivity index (χ2n) is 5.84. The minimum Gasteiger partial charge on any atom is -0.350 e. The van der Waals surface area contributed by atoms with Crippen LogP contribution < -0.4 is 21.6 Å². The quantitative estimate of drug-likeness (QED) is 0.547. The molecule has 0 saturated heterocycles. The summed E-state index contributed by atoms with van der Waals surface area (Å²) in [7, 11) is -3.78. The normalized spacial score (nSPS) is 11.4. The van der Waals surface area contributed by atoms with E-state index in [9.17, 15) is 22.8 Å². The fourth-order valence-corrected chi connectivity index (χ4v) is 3.07. The zero-order valence-corrected chi connectivity index (χ0v) is 14.8. The van der Waals surface area contributed by atoms with Gasteiger partial charge in [0.2, 0.25) is 15.9 Å². The van der Waals surface area contributed by atoms with Gasteiger partial charge in [-0.2, -0.15) is 0 Å². The summed E-state index contributed by atoms with van der Waals surface area (Å²) in [6.07, 6.45) is 0. The molecule has 0 saturated carbocycles. The Morgan fingerprint density at radius 1 is 1.04 bits per heavy atom. The van der Waals surface area contributed by atoms with Crippen molar-refractivity contribution >= 4 is 26.7 Å². The van der Waals surface area contributed by atoms with Crippen LogP contribution >= 0.6 is 0 Å². The van der Waals surface area contributed by atoms with Crippen molar-refractivity contribution in [3.63, 3.8) is 0 Å². The van der Waals surface area contributed by atoms with E-state index < -0.39 is 27.0 Å². The van der Waals surface area contributed by atoms with E-state index in [4.69, 9.17) is 5.14 Å². The largest absolute Gasteiger partial charge is 0.350 e. The molecule has 0 unspecified atom stereocenters. The topological polar surface area (TPSA) is 144 Å². The number of rotatable bonds is 5. The van der Waals surface area contributed by atoms with E-state index in [1.807, 2.05) is 0 Å². The number of hydrogen-bond acceptors (Lipinski definition) is 5. The summed E-state index contributed by atoms with van der Waals surface area (Å²) in [5.41, 5.74) is -0.287. The molecule has 1 amide bonds. The highest BCUT2D eigenvalue weighted by molar-refractivity contribution is 7.89. The smallest absolute Gasteiger partial charge is 0.273 e. The fraction of sp³-hybridized carbons (Fsp3) is 0.118. The lowest BCUT2D eigenvalue weighted by Crippen LogP contribution is -2.36. The van der Waals surface area contributed by atoms with Crippen molar-refractivity contribution in [2.24, 2.45) is 5.14 Å². The van der Waals surface area contributed by atoms with Crippen molar-refractivity contribution in [3.05, 3.63) is 74.8 Å². The Morgan fingerprint density at radius 2 is 1.67 bits per heavy atom. The second kappa shape index (κ2) is 7.17. The standard InChI is InChI=1S/C17H16N4O5S/c18-27(25,26)12-7-5-11(6-8-12)9-19-15(22)10-21-17(24)14-4-2-1-3-13(14)16(23)20-21/h1-8H,9-10H2,(H,19,22)(H,20,23)(H2,18,25,26). The van der Waals surface area contributed by atoms with Gasteiger partial charge in [0.05, 0.1) is 15.7 Å². The zero-order chi connectivity index (χ0) is 19.6. The second-order valence-corrected chi connectivity index (χ2v) is 7.40. The van der Waals surface area contributed by atoms with Crippen LogP contribution in [-0.2, 0) is 27.9 Å². The molecule has 0 bridgehead atoms. The van der Waals surface area contributed by atoms with Gasteiger partial charge >= 0.3 is 0 Å². The number of carbonyl (C=O) groups excluding carboxylic acids is 1. The van der Waals surface area contributed by atoms with Crippen molar-refractivity contribution in [3.8, 4) is 0 Å². The predicted molar refractivity (Wildman–Crippen MR) is 98.5 cm³/mol. The number of nitrogens with zero attached hydrogens (tertiary/aromatic N) is 1. The molecule has 10 heteroatoms. The maximum absolute atomic E-state index is 12.4. The molecule has 140 valence electrons. The van der Waals surface area contributed by atoms with E-state index in [0.29, 0.717) is 5.56 Å². The Balaban J connectivity index is 1.71. The number of amides is 1. The molecule has 3 aromatic rings. The van der Waals surface area contributed by atoms with Crippen LogP contribution in [0.2, 0.25) is 0 Å². The van der Waals surface area contributed by atoms with E-state index in [0.717, 1.165) is 4.68 Å². The Labute approximate surface area is 153 Å². The number of fused-ring (bicyclic) bond motifs is 1. The molecule has 27 heavy (non-hydrogen) atoms. The Kier molecular flexibility index (Phi) is 4.93. The van der Waals surface area contributed by atoms with Gasteiger partial charge in [-0.15, -0.1) is 0 Å². The summed E-state index contributed by atoms with van der Waals surface area (Å²) >= 11 is 0. The number of H-pyrrole nitrogens is 1. The highest BCUT2D eigenvalue weighted by Gasteiger charge is 2.11. The van der Waals surface area contributed by atoms with Gasteiger partial charge in [0.1, 0.15) is 6.54 Å². The van der Waals surface area contributed by atoms with E-state index in [1.54, 1.807) is 12.1 Å². The molecule has 0 aliphatic rings. The summed E-state index contributed by atoms with van der Waals surface area (Å²) in [4.78, 5) is 36.5. The molecular formula is C17H16N4O5S. The van der Waals surface area contributed by atoms with E-state index >= 15 is 0 Å². The number of aromatic nitrogens is 2. The van der Waals surface area contributed by atoms with Crippen LogP contribution in [0.4, 0.5) is 0 Å². The zero-order valence-electron chi connectivity index (χ0n) is 14.0. The van der Waals surface area contributed by atoms with Crippen molar-refractivity contribution in [2.75, 3.05) is 0 Å². The van der Waals surface area contributed by atoms with Gasteiger partial charge in [-0.3, -0.25) is 19.5 Å². The lowest BCUT2D eigenvalue weighted by Gasteiger charge is -2.09. The Bertz CT molecular complexity index is 1230. The van der Waals surface area contributed by atoms with Crippen LogP contribution in [0.1, 0.15) is 5.56 Å². The molecular weight excluding hydrogens is 372 g/mol. The molecule has 3 rings (SSSR count). The average Bonchev–Trinajstić information content (AvgIpc) is 2.64. The van der Waals surface area contributed by atoms with Crippen LogP contribution in [0.3, 0.4) is 0 Å². The molecule has 0 fully saturated rings. The highest BCUT2D eigenvalue weighted by Crippen LogP contribution is 2.08. The highest BCUT2D eigenvalue weighted by atomic mass is 32.2. The molecule has 9 nitrogen and oxygen atoms in total. The third-order valence-corrected chi connectivity index (χ3v) is 4.86. The molecule has 0 aliphatic carbocycles. The number of primary sulfonamides is 1. The molecule has 2 aromatic carbocycles. The molecule has 1 aromatic heterocycles. The fourth-order valence-electron chi connectivity index (χ4n) is 2.56. The molecule has 0 atom stereocenters.